The predicted octanol–water partition coefficient (Wildman–Crippen LogP) is 7.05. The normalized spacial score (nSPS) is 22.1. The number of esters is 1. The lowest BCUT2D eigenvalue weighted by atomic mass is 9.84. The van der Waals surface area contributed by atoms with Gasteiger partial charge in [-0.1, -0.05) is 69.9 Å². The first kappa shape index (κ1) is 55.0. The van der Waals surface area contributed by atoms with Crippen LogP contribution >= 0.6 is 0 Å². The highest BCUT2D eigenvalue weighted by Gasteiger charge is 2.48. The average Bonchev–Trinajstić information content (AvgIpc) is 4.10. The summed E-state index contributed by atoms with van der Waals surface area (Å²) in [5.74, 6) is 7.94. The van der Waals surface area contributed by atoms with Gasteiger partial charge in [-0.3, -0.25) is 39.0 Å². The zero-order chi connectivity index (χ0) is 54.0. The van der Waals surface area contributed by atoms with E-state index in [2.05, 4.69) is 89.1 Å². The molecule has 1 spiro atoms. The van der Waals surface area contributed by atoms with Crippen LogP contribution in [-0.4, -0.2) is 144 Å². The molecule has 2 N–H and O–H groups in total. The maximum Gasteiger partial charge on any atom is 0.324 e. The minimum atomic E-state index is -0.955. The van der Waals surface area contributed by atoms with Crippen LogP contribution in [0.5, 0.6) is 5.75 Å². The summed E-state index contributed by atoms with van der Waals surface area (Å²) in [4.78, 5) is 68.3. The van der Waals surface area contributed by atoms with Crippen LogP contribution in [-0.2, 0) is 48.0 Å². The molecule has 6 heterocycles. The van der Waals surface area contributed by atoms with E-state index in [1.165, 1.54) is 5.01 Å². The molecule has 2 aromatic heterocycles. The third-order valence-electron chi connectivity index (χ3n) is 16.1. The van der Waals surface area contributed by atoms with Gasteiger partial charge in [-0.15, -0.1) is 6.42 Å². The van der Waals surface area contributed by atoms with Gasteiger partial charge in [-0.25, -0.2) is 5.43 Å². The number of cyclic esters (lactones) is 1. The molecule has 400 valence electrons. The minimum absolute atomic E-state index is 0.0764. The van der Waals surface area contributed by atoms with Crippen LogP contribution in [0.15, 0.2) is 54.7 Å². The highest BCUT2D eigenvalue weighted by Crippen LogP contribution is 2.44. The van der Waals surface area contributed by atoms with E-state index in [1.54, 1.807) is 13.3 Å². The lowest BCUT2D eigenvalue weighted by Crippen LogP contribution is -2.62. The van der Waals surface area contributed by atoms with Gasteiger partial charge in [0.25, 0.3) is 11.8 Å². The molecule has 4 aliphatic rings. The molecule has 6 bridgehead atoms. The first-order valence-electron chi connectivity index (χ1n) is 26.8. The molecule has 3 fully saturated rings. The summed E-state index contributed by atoms with van der Waals surface area (Å²) in [6, 6.07) is 14.5. The number of methoxy groups -OCH3 is 1. The zero-order valence-electron chi connectivity index (χ0n) is 46.1. The minimum Gasteiger partial charge on any atom is -0.479 e. The molecule has 4 aromatic rings. The average molecular weight is 1020 g/mol. The molecule has 0 aliphatic carbocycles. The van der Waals surface area contributed by atoms with E-state index in [0.29, 0.717) is 64.3 Å². The van der Waals surface area contributed by atoms with Crippen molar-refractivity contribution in [2.75, 3.05) is 67.1 Å². The van der Waals surface area contributed by atoms with Crippen molar-refractivity contribution in [2.45, 2.75) is 130 Å². The second-order valence-corrected chi connectivity index (χ2v) is 23.1. The number of likely N-dealkylation sites (tertiary alicyclic amines) is 2. The summed E-state index contributed by atoms with van der Waals surface area (Å²) in [7, 11) is 5.57. The number of benzene rings is 2. The van der Waals surface area contributed by atoms with E-state index in [4.69, 9.17) is 25.6 Å². The van der Waals surface area contributed by atoms with Gasteiger partial charge in [-0.05, 0) is 133 Å². The second kappa shape index (κ2) is 22.5. The molecule has 0 saturated carbocycles. The number of fused-ring (bicyclic) bond motifs is 6. The Balaban J connectivity index is 1.14. The number of aromatic nitrogens is 2. The van der Waals surface area contributed by atoms with E-state index in [1.807, 2.05) is 76.7 Å². The van der Waals surface area contributed by atoms with E-state index >= 15 is 0 Å². The van der Waals surface area contributed by atoms with Crippen LogP contribution in [0.25, 0.3) is 33.3 Å². The fourth-order valence-electron chi connectivity index (χ4n) is 11.4. The Morgan fingerprint density at radius 3 is 2.52 bits per heavy atom. The summed E-state index contributed by atoms with van der Waals surface area (Å²) >= 11 is 0. The highest BCUT2D eigenvalue weighted by atomic mass is 16.5. The number of hydrogen-bond donors (Lipinski definition) is 2. The number of amides is 3. The van der Waals surface area contributed by atoms with Crippen LogP contribution < -0.4 is 15.5 Å². The number of ether oxygens (including phenoxy) is 3. The maximum atomic E-state index is 14.9. The summed E-state index contributed by atoms with van der Waals surface area (Å²) < 4.78 is 20.4. The third-order valence-corrected chi connectivity index (χ3v) is 16.1. The lowest BCUT2D eigenvalue weighted by molar-refractivity contribution is -0.155. The fourth-order valence-corrected chi connectivity index (χ4v) is 11.4. The Morgan fingerprint density at radius 1 is 1.04 bits per heavy atom. The van der Waals surface area contributed by atoms with Gasteiger partial charge < -0.3 is 29.0 Å². The van der Waals surface area contributed by atoms with Gasteiger partial charge in [0.1, 0.15) is 24.4 Å². The summed E-state index contributed by atoms with van der Waals surface area (Å²) in [6.45, 7) is 20.2. The topological polar surface area (TPSA) is 151 Å². The number of pyridine rings is 1. The second-order valence-electron chi connectivity index (χ2n) is 23.1. The van der Waals surface area contributed by atoms with Crippen molar-refractivity contribution in [1.29, 1.82) is 0 Å². The number of hydrazine groups is 1. The quantitative estimate of drug-likeness (QED) is 0.118. The number of nitrogens with zero attached hydrogens (tertiary/aromatic N) is 6. The molecule has 3 amide bonds. The largest absolute Gasteiger partial charge is 0.479 e. The molecule has 2 aromatic carbocycles. The SMILES string of the molecule is C#CCOc1cnc([C@H](C)OC)c(-c2c3c4cc(ccc4n2CC)-c2cccc(c2)C[C@H](NC(=O)[C@H](C(C)C)N2CC[C@]4(CCN(C(=O)C#CC(C)(C)N(C)C)C4)C2)C(=O)N2CCC[C@H](N2)C(=O)OCC(C)(C)C3)c1. The summed E-state index contributed by atoms with van der Waals surface area (Å²) in [6.07, 6.45) is 10.5. The number of rotatable bonds is 11. The van der Waals surface area contributed by atoms with E-state index < -0.39 is 35.0 Å². The van der Waals surface area contributed by atoms with Crippen molar-refractivity contribution >= 4 is 34.6 Å². The van der Waals surface area contributed by atoms with Crippen LogP contribution in [0.3, 0.4) is 0 Å². The standard InChI is InChI=1S/C60H78N8O7/c1-13-29-74-44-33-46(52(61-35-44)40(5)73-12)54-47-34-58(6,7)38-75-57(72)48-19-16-26-68(63-48)56(71)49(31-41-17-15-18-42(30-41)43-20-21-50(45(47)32-43)67(54)14-2)62-55(70)53(39(3)4)66-28-25-60(37-66)24-27-65(36-60)51(69)22-23-59(8,9)64(10)11/h1,15,17-18,20-21,30,32-33,35,39-40,48-49,53,63H,14,16,19,24-29,31,34,36-38H2,2-12H3,(H,62,70)/t40-,48-,49-,53-,60-/m0/s1. The first-order valence-corrected chi connectivity index (χ1v) is 26.8. The number of carbonyl (C=O) groups is 4. The van der Waals surface area contributed by atoms with E-state index in [9.17, 15) is 19.2 Å². The number of nitrogens with one attached hydrogen (secondary N) is 2. The monoisotopic (exact) mass is 1020 g/mol. The molecule has 5 atom stereocenters. The van der Waals surface area contributed by atoms with Crippen molar-refractivity contribution in [1.82, 2.24) is 40.0 Å². The predicted molar refractivity (Wildman–Crippen MR) is 292 cm³/mol. The van der Waals surface area contributed by atoms with Crippen molar-refractivity contribution in [2.24, 2.45) is 16.7 Å². The van der Waals surface area contributed by atoms with Crippen LogP contribution in [0.2, 0.25) is 0 Å². The van der Waals surface area contributed by atoms with Gasteiger partial charge in [0.2, 0.25) is 5.91 Å². The molecule has 8 rings (SSSR count). The van der Waals surface area contributed by atoms with Crippen molar-refractivity contribution in [3.63, 3.8) is 0 Å². The molecule has 0 radical (unpaired) electrons. The van der Waals surface area contributed by atoms with E-state index in [-0.39, 0.29) is 54.8 Å². The van der Waals surface area contributed by atoms with Gasteiger partial charge in [0.15, 0.2) is 0 Å². The lowest BCUT2D eigenvalue weighted by Gasteiger charge is -2.37. The number of hydrogen-bond acceptors (Lipinski definition) is 11. The first-order chi connectivity index (χ1) is 35.7. The fraction of sp³-hybridized carbons (Fsp3) is 0.550. The van der Waals surface area contributed by atoms with Crippen LogP contribution in [0, 0.1) is 40.9 Å². The Hall–Kier alpha value is -6.23. The molecule has 15 nitrogen and oxygen atoms in total. The van der Waals surface area contributed by atoms with Crippen molar-refractivity contribution in [3.8, 4) is 52.3 Å². The van der Waals surface area contributed by atoms with Crippen LogP contribution in [0.4, 0.5) is 0 Å². The van der Waals surface area contributed by atoms with Gasteiger partial charge in [0.05, 0.1) is 41.9 Å². The molecular weight excluding hydrogens is 945 g/mol. The Kier molecular flexibility index (Phi) is 16.5. The Morgan fingerprint density at radius 2 is 1.80 bits per heavy atom. The molecular formula is C60H78N8O7. The van der Waals surface area contributed by atoms with Gasteiger partial charge in [-0.2, -0.15) is 0 Å². The Labute approximate surface area is 444 Å². The van der Waals surface area contributed by atoms with Crippen molar-refractivity contribution in [3.05, 3.63) is 71.5 Å². The van der Waals surface area contributed by atoms with Crippen molar-refractivity contribution < 1.29 is 33.4 Å². The Bertz CT molecular complexity index is 2910. The number of carbonyl (C=O) groups excluding carboxylic acids is 4. The molecule has 3 saturated heterocycles. The molecule has 0 unspecified atom stereocenters. The molecule has 75 heavy (non-hydrogen) atoms. The van der Waals surface area contributed by atoms with Gasteiger partial charge >= 0.3 is 5.97 Å². The van der Waals surface area contributed by atoms with Crippen LogP contribution in [0.1, 0.15) is 104 Å². The molecule has 15 heteroatoms. The maximum absolute atomic E-state index is 14.9. The van der Waals surface area contributed by atoms with Gasteiger partial charge in [0, 0.05) is 73.6 Å². The summed E-state index contributed by atoms with van der Waals surface area (Å²) in [5.41, 5.74) is 9.61. The number of terminal acetylenes is 1. The molecule has 4 aliphatic heterocycles. The number of aryl methyl sites for hydroxylation is 1. The smallest absolute Gasteiger partial charge is 0.324 e. The zero-order valence-corrected chi connectivity index (χ0v) is 46.1. The van der Waals surface area contributed by atoms with E-state index in [0.717, 1.165) is 62.9 Å². The highest BCUT2D eigenvalue weighted by molar-refractivity contribution is 5.96. The third kappa shape index (κ3) is 11.9. The summed E-state index contributed by atoms with van der Waals surface area (Å²) in [5, 5.41) is 5.81.